The van der Waals surface area contributed by atoms with Crippen LogP contribution in [0.25, 0.3) is 0 Å². The number of hydrogen-bond acceptors (Lipinski definition) is 3. The van der Waals surface area contributed by atoms with E-state index >= 15 is 0 Å². The minimum Gasteiger partial charge on any atom is -0.391 e. The molecule has 0 amide bonds. The van der Waals surface area contributed by atoms with Crippen LogP contribution in [-0.2, 0) is 5.92 Å². The van der Waals surface area contributed by atoms with Crippen LogP contribution >= 0.6 is 24.0 Å². The van der Waals surface area contributed by atoms with Gasteiger partial charge in [0.05, 0.1) is 10.7 Å². The third-order valence-electron chi connectivity index (χ3n) is 2.89. The van der Waals surface area contributed by atoms with Gasteiger partial charge in [-0.3, -0.25) is 4.98 Å². The van der Waals surface area contributed by atoms with Gasteiger partial charge in [0.25, 0.3) is 5.92 Å². The van der Waals surface area contributed by atoms with Crippen molar-refractivity contribution >= 4 is 24.0 Å². The molecular formula is C12H14Cl2F2N2O. The number of rotatable bonds is 3. The fourth-order valence-electron chi connectivity index (χ4n) is 1.84. The number of allylic oxidation sites excluding steroid dienone is 1. The molecule has 0 aliphatic carbocycles. The van der Waals surface area contributed by atoms with Crippen molar-refractivity contribution in [3.8, 4) is 0 Å². The van der Waals surface area contributed by atoms with Crippen LogP contribution in [0.3, 0.4) is 0 Å². The van der Waals surface area contributed by atoms with Crippen LogP contribution in [0.4, 0.5) is 8.78 Å². The lowest BCUT2D eigenvalue weighted by Gasteiger charge is -2.19. The van der Waals surface area contributed by atoms with E-state index in [1.807, 2.05) is 12.3 Å². The van der Waals surface area contributed by atoms with Gasteiger partial charge in [-0.05, 0) is 18.7 Å². The zero-order valence-electron chi connectivity index (χ0n) is 9.94. The molecule has 2 heterocycles. The summed E-state index contributed by atoms with van der Waals surface area (Å²) in [5.41, 5.74) is 0.226. The number of aliphatic hydroxyl groups is 1. The fourth-order valence-corrected chi connectivity index (χ4v) is 2.15. The van der Waals surface area contributed by atoms with Crippen LogP contribution in [0.1, 0.15) is 23.6 Å². The van der Waals surface area contributed by atoms with Crippen molar-refractivity contribution in [3.63, 3.8) is 0 Å². The highest BCUT2D eigenvalue weighted by atomic mass is 35.5. The molecule has 1 atom stereocenters. The van der Waals surface area contributed by atoms with Crippen LogP contribution < -0.4 is 5.32 Å². The summed E-state index contributed by atoms with van der Waals surface area (Å²) >= 11 is 5.99. The molecule has 0 bridgehead atoms. The third kappa shape index (κ3) is 3.55. The highest BCUT2D eigenvalue weighted by Gasteiger charge is 2.32. The highest BCUT2D eigenvalue weighted by Crippen LogP contribution is 2.33. The average molecular weight is 311 g/mol. The molecule has 0 fully saturated rings. The first-order valence-electron chi connectivity index (χ1n) is 5.59. The summed E-state index contributed by atoms with van der Waals surface area (Å²) < 4.78 is 26.5. The van der Waals surface area contributed by atoms with Crippen LogP contribution in [0.5, 0.6) is 0 Å². The molecule has 106 valence electrons. The fraction of sp³-hybridized carbons (Fsp3) is 0.417. The Bertz CT molecular complexity index is 469. The van der Waals surface area contributed by atoms with Crippen molar-refractivity contribution in [1.29, 1.82) is 0 Å². The Kier molecular flexibility index (Phi) is 5.52. The highest BCUT2D eigenvalue weighted by molar-refractivity contribution is 6.31. The van der Waals surface area contributed by atoms with Gasteiger partial charge < -0.3 is 10.4 Å². The largest absolute Gasteiger partial charge is 0.391 e. The number of halogens is 4. The standard InChI is InChI=1S/C12H13ClF2N2O.ClH/c13-10-5-9(12(14,15)7-18)6-17-11(10)8-1-3-16-4-2-8;/h1,3,5-6,8,16,18H,2,4,7H2;1H. The minimum absolute atomic E-state index is 0. The zero-order valence-corrected chi connectivity index (χ0v) is 11.5. The third-order valence-corrected chi connectivity index (χ3v) is 3.19. The molecular weight excluding hydrogens is 297 g/mol. The summed E-state index contributed by atoms with van der Waals surface area (Å²) in [5.74, 6) is -3.27. The van der Waals surface area contributed by atoms with E-state index < -0.39 is 12.5 Å². The number of aliphatic hydroxyl groups excluding tert-OH is 1. The predicted octanol–water partition coefficient (Wildman–Crippen LogP) is 2.83. The van der Waals surface area contributed by atoms with Crippen LogP contribution in [0, 0.1) is 0 Å². The van der Waals surface area contributed by atoms with Crippen molar-refractivity contribution in [2.24, 2.45) is 0 Å². The number of aromatic nitrogens is 1. The maximum atomic E-state index is 13.3. The Balaban J connectivity index is 0.00000180. The summed E-state index contributed by atoms with van der Waals surface area (Å²) in [5, 5.41) is 11.9. The molecule has 1 unspecified atom stereocenters. The molecule has 1 aliphatic rings. The number of pyridine rings is 1. The van der Waals surface area contributed by atoms with E-state index in [-0.39, 0.29) is 28.9 Å². The second kappa shape index (κ2) is 6.50. The first-order chi connectivity index (χ1) is 8.54. The lowest BCUT2D eigenvalue weighted by Crippen LogP contribution is -2.20. The Morgan fingerprint density at radius 1 is 1.53 bits per heavy atom. The Morgan fingerprint density at radius 2 is 2.26 bits per heavy atom. The van der Waals surface area contributed by atoms with E-state index in [1.54, 1.807) is 0 Å². The number of nitrogens with one attached hydrogen (secondary N) is 1. The molecule has 2 rings (SSSR count). The molecule has 2 N–H and O–H groups in total. The summed E-state index contributed by atoms with van der Waals surface area (Å²) in [7, 11) is 0. The van der Waals surface area contributed by atoms with E-state index in [4.69, 9.17) is 16.7 Å². The predicted molar refractivity (Wildman–Crippen MR) is 72.0 cm³/mol. The van der Waals surface area contributed by atoms with E-state index in [0.29, 0.717) is 5.69 Å². The van der Waals surface area contributed by atoms with Gasteiger partial charge in [0, 0.05) is 24.2 Å². The van der Waals surface area contributed by atoms with Crippen molar-refractivity contribution in [2.45, 2.75) is 18.3 Å². The lowest BCUT2D eigenvalue weighted by atomic mass is 9.98. The van der Waals surface area contributed by atoms with Crippen molar-refractivity contribution in [1.82, 2.24) is 10.3 Å². The molecule has 1 aromatic heterocycles. The van der Waals surface area contributed by atoms with Gasteiger partial charge in [0.2, 0.25) is 0 Å². The Labute approximate surface area is 121 Å². The molecule has 19 heavy (non-hydrogen) atoms. The number of nitrogens with zero attached hydrogens (tertiary/aromatic N) is 1. The summed E-state index contributed by atoms with van der Waals surface area (Å²) in [6.45, 7) is -0.453. The van der Waals surface area contributed by atoms with E-state index in [0.717, 1.165) is 19.2 Å². The Hall–Kier alpha value is -0.910. The van der Waals surface area contributed by atoms with Gasteiger partial charge in [-0.1, -0.05) is 17.7 Å². The minimum atomic E-state index is -3.31. The van der Waals surface area contributed by atoms with Gasteiger partial charge in [0.15, 0.2) is 0 Å². The maximum absolute atomic E-state index is 13.3. The van der Waals surface area contributed by atoms with Crippen molar-refractivity contribution in [2.75, 3.05) is 13.2 Å². The van der Waals surface area contributed by atoms with Gasteiger partial charge in [-0.2, -0.15) is 8.78 Å². The van der Waals surface area contributed by atoms with E-state index in [1.165, 1.54) is 6.07 Å². The SMILES string of the molecule is Cl.OCC(F)(F)c1cnc(C2C=CNCC2)c(Cl)c1. The first-order valence-corrected chi connectivity index (χ1v) is 5.97. The molecule has 0 spiro atoms. The van der Waals surface area contributed by atoms with Crippen molar-refractivity contribution in [3.05, 3.63) is 40.8 Å². The molecule has 0 saturated heterocycles. The average Bonchev–Trinajstić information content (AvgIpc) is 2.39. The van der Waals surface area contributed by atoms with Crippen LogP contribution in [0.2, 0.25) is 5.02 Å². The van der Waals surface area contributed by atoms with E-state index in [9.17, 15) is 8.78 Å². The second-order valence-electron chi connectivity index (χ2n) is 4.16. The first kappa shape index (κ1) is 16.1. The molecule has 3 nitrogen and oxygen atoms in total. The second-order valence-corrected chi connectivity index (χ2v) is 4.57. The van der Waals surface area contributed by atoms with Gasteiger partial charge in [0.1, 0.15) is 6.61 Å². The smallest absolute Gasteiger partial charge is 0.297 e. The number of alkyl halides is 2. The summed E-state index contributed by atoms with van der Waals surface area (Å²) in [4.78, 5) is 4.01. The zero-order chi connectivity index (χ0) is 13.2. The Morgan fingerprint density at radius 3 is 2.79 bits per heavy atom. The summed E-state index contributed by atoms with van der Waals surface area (Å²) in [6.07, 6.45) is 5.61. The monoisotopic (exact) mass is 310 g/mol. The normalized spacial score (nSPS) is 18.6. The van der Waals surface area contributed by atoms with Crippen molar-refractivity contribution < 1.29 is 13.9 Å². The molecule has 1 aromatic rings. The van der Waals surface area contributed by atoms with E-state index in [2.05, 4.69) is 10.3 Å². The topological polar surface area (TPSA) is 45.2 Å². The molecule has 1 aliphatic heterocycles. The van der Waals surface area contributed by atoms with Crippen LogP contribution in [-0.4, -0.2) is 23.2 Å². The molecule has 0 aromatic carbocycles. The lowest BCUT2D eigenvalue weighted by molar-refractivity contribution is -0.0559. The van der Waals surface area contributed by atoms with Gasteiger partial charge in [-0.15, -0.1) is 12.4 Å². The van der Waals surface area contributed by atoms with Crippen LogP contribution in [0.15, 0.2) is 24.5 Å². The summed E-state index contributed by atoms with van der Waals surface area (Å²) in [6, 6.07) is 1.18. The number of hydrogen-bond donors (Lipinski definition) is 2. The molecule has 0 radical (unpaired) electrons. The van der Waals surface area contributed by atoms with Gasteiger partial charge >= 0.3 is 0 Å². The van der Waals surface area contributed by atoms with Gasteiger partial charge in [-0.25, -0.2) is 0 Å². The quantitative estimate of drug-likeness (QED) is 0.902. The molecule has 0 saturated carbocycles. The maximum Gasteiger partial charge on any atom is 0.297 e. The molecule has 7 heteroatoms.